The smallest absolute Gasteiger partial charge is 0.336 e. The van der Waals surface area contributed by atoms with Gasteiger partial charge in [-0.1, -0.05) is 31.5 Å². The van der Waals surface area contributed by atoms with Crippen molar-refractivity contribution >= 4 is 11.0 Å². The summed E-state index contributed by atoms with van der Waals surface area (Å²) in [5.74, 6) is 1.81. The molecule has 1 aromatic heterocycles. The summed E-state index contributed by atoms with van der Waals surface area (Å²) in [6.45, 7) is 6.57. The number of hydrogen-bond donors (Lipinski definition) is 1. The minimum absolute atomic E-state index is 0.288. The average Bonchev–Trinajstić information content (AvgIpc) is 2.73. The topological polar surface area (TPSA) is 53.1 Å². The van der Waals surface area contributed by atoms with Crippen LogP contribution in [0.1, 0.15) is 35.6 Å². The fourth-order valence-corrected chi connectivity index (χ4v) is 4.26. The van der Waals surface area contributed by atoms with Gasteiger partial charge in [0.2, 0.25) is 6.73 Å². The predicted molar refractivity (Wildman–Crippen MR) is 113 cm³/mol. The van der Waals surface area contributed by atoms with Gasteiger partial charge in [0.15, 0.2) is 0 Å². The Hall–Kier alpha value is -2.79. The Bertz CT molecular complexity index is 1090. The van der Waals surface area contributed by atoms with Gasteiger partial charge in [-0.05, 0) is 36.6 Å². The molecule has 1 atom stereocenters. The number of quaternary nitrogens is 1. The van der Waals surface area contributed by atoms with Crippen molar-refractivity contribution in [2.24, 2.45) is 0 Å². The number of methoxy groups -OCH3 is 1. The van der Waals surface area contributed by atoms with E-state index in [9.17, 15) is 4.79 Å². The second kappa shape index (κ2) is 8.29. The zero-order chi connectivity index (χ0) is 20.4. The lowest BCUT2D eigenvalue weighted by molar-refractivity contribution is -0.932. The summed E-state index contributed by atoms with van der Waals surface area (Å²) < 4.78 is 17.2. The van der Waals surface area contributed by atoms with Crippen LogP contribution in [0.3, 0.4) is 0 Å². The summed E-state index contributed by atoms with van der Waals surface area (Å²) in [5.41, 5.74) is 4.76. The second-order valence-corrected chi connectivity index (χ2v) is 7.73. The van der Waals surface area contributed by atoms with E-state index < -0.39 is 0 Å². The molecule has 0 radical (unpaired) electrons. The average molecular weight is 394 g/mol. The third kappa shape index (κ3) is 3.87. The molecule has 5 nitrogen and oxygen atoms in total. The number of rotatable bonds is 6. The molecule has 2 heterocycles. The van der Waals surface area contributed by atoms with E-state index >= 15 is 0 Å². The fraction of sp³-hybridized carbons (Fsp3) is 0.375. The maximum atomic E-state index is 12.0. The van der Waals surface area contributed by atoms with E-state index in [2.05, 4.69) is 19.1 Å². The predicted octanol–water partition coefficient (Wildman–Crippen LogP) is 3.04. The van der Waals surface area contributed by atoms with Crippen molar-refractivity contribution in [1.29, 1.82) is 0 Å². The summed E-state index contributed by atoms with van der Waals surface area (Å²) in [6, 6.07) is 12.0. The van der Waals surface area contributed by atoms with E-state index in [0.717, 1.165) is 60.4 Å². The molecule has 0 saturated carbocycles. The highest BCUT2D eigenvalue weighted by Gasteiger charge is 2.25. The molecular weight excluding hydrogens is 366 g/mol. The van der Waals surface area contributed by atoms with Gasteiger partial charge in [0.1, 0.15) is 23.6 Å². The van der Waals surface area contributed by atoms with Gasteiger partial charge in [0.25, 0.3) is 0 Å². The molecule has 152 valence electrons. The van der Waals surface area contributed by atoms with Crippen molar-refractivity contribution in [2.75, 3.05) is 20.4 Å². The molecule has 5 heteroatoms. The molecule has 1 N–H and O–H groups in total. The maximum absolute atomic E-state index is 12.0. The van der Waals surface area contributed by atoms with Gasteiger partial charge in [-0.3, -0.25) is 4.90 Å². The van der Waals surface area contributed by atoms with Crippen LogP contribution < -0.4 is 20.0 Å². The van der Waals surface area contributed by atoms with Gasteiger partial charge in [0, 0.05) is 29.0 Å². The Balaban J connectivity index is 1.61. The van der Waals surface area contributed by atoms with E-state index in [0.29, 0.717) is 12.3 Å². The van der Waals surface area contributed by atoms with E-state index in [1.807, 2.05) is 25.1 Å². The van der Waals surface area contributed by atoms with Crippen molar-refractivity contribution in [1.82, 2.24) is 0 Å². The first-order chi connectivity index (χ1) is 14.1. The van der Waals surface area contributed by atoms with Gasteiger partial charge >= 0.3 is 5.63 Å². The summed E-state index contributed by atoms with van der Waals surface area (Å²) in [5, 5.41) is 1.04. The van der Waals surface area contributed by atoms with Gasteiger partial charge in [0.05, 0.1) is 13.7 Å². The first kappa shape index (κ1) is 19.5. The molecule has 0 fully saturated rings. The molecule has 0 spiro atoms. The molecule has 0 aliphatic carbocycles. The van der Waals surface area contributed by atoms with Gasteiger partial charge < -0.3 is 13.9 Å². The molecule has 29 heavy (non-hydrogen) atoms. The second-order valence-electron chi connectivity index (χ2n) is 7.73. The monoisotopic (exact) mass is 394 g/mol. The van der Waals surface area contributed by atoms with Gasteiger partial charge in [-0.15, -0.1) is 0 Å². The van der Waals surface area contributed by atoms with Crippen molar-refractivity contribution < 1.29 is 18.8 Å². The third-order valence-corrected chi connectivity index (χ3v) is 5.70. The lowest BCUT2D eigenvalue weighted by atomic mass is 9.98. The van der Waals surface area contributed by atoms with Crippen LogP contribution in [0.25, 0.3) is 11.0 Å². The van der Waals surface area contributed by atoms with E-state index in [1.54, 1.807) is 13.2 Å². The van der Waals surface area contributed by atoms with Crippen LogP contribution in [0.2, 0.25) is 0 Å². The van der Waals surface area contributed by atoms with Gasteiger partial charge in [-0.2, -0.15) is 0 Å². The van der Waals surface area contributed by atoms with E-state index in [4.69, 9.17) is 13.9 Å². The van der Waals surface area contributed by atoms with Gasteiger partial charge in [-0.25, -0.2) is 4.79 Å². The van der Waals surface area contributed by atoms with Crippen molar-refractivity contribution in [3.8, 4) is 11.5 Å². The zero-order valence-electron chi connectivity index (χ0n) is 17.3. The Kier molecular flexibility index (Phi) is 5.58. The number of benzene rings is 2. The Morgan fingerprint density at radius 2 is 1.97 bits per heavy atom. The first-order valence-electron chi connectivity index (χ1n) is 10.3. The SMILES string of the molecule is CCCc1cc(=O)oc2c(C)c3c(cc12)C[NH+](CCc1ccccc1OC)CO3. The quantitative estimate of drug-likeness (QED) is 0.653. The summed E-state index contributed by atoms with van der Waals surface area (Å²) in [7, 11) is 1.71. The fourth-order valence-electron chi connectivity index (χ4n) is 4.26. The number of nitrogens with one attached hydrogen (secondary N) is 1. The Morgan fingerprint density at radius 3 is 2.76 bits per heavy atom. The highest BCUT2D eigenvalue weighted by molar-refractivity contribution is 5.86. The van der Waals surface area contributed by atoms with Crippen LogP contribution in [-0.4, -0.2) is 20.4 Å². The maximum Gasteiger partial charge on any atom is 0.336 e. The molecule has 1 unspecified atom stereocenters. The number of aryl methyl sites for hydroxylation is 2. The first-order valence-corrected chi connectivity index (χ1v) is 10.3. The molecule has 0 amide bonds. The molecule has 4 rings (SSSR count). The Labute approximate surface area is 170 Å². The van der Waals surface area contributed by atoms with Crippen LogP contribution in [0, 0.1) is 6.92 Å². The standard InChI is InChI=1S/C24H27NO4/c1-4-7-18-13-22(26)29-24-16(2)23-19(12-20(18)24)14-25(15-28-23)11-10-17-8-5-6-9-21(17)27-3/h5-6,8-9,12-13H,4,7,10-11,14-15H2,1-3H3/p+1. The van der Waals surface area contributed by atoms with Crippen LogP contribution in [0.4, 0.5) is 0 Å². The lowest BCUT2D eigenvalue weighted by Crippen LogP contribution is -3.12. The van der Waals surface area contributed by atoms with Crippen molar-refractivity contribution in [3.05, 3.63) is 69.1 Å². The molecular formula is C24H28NO4+. The van der Waals surface area contributed by atoms with E-state index in [1.165, 1.54) is 16.0 Å². The molecule has 3 aromatic rings. The highest BCUT2D eigenvalue weighted by atomic mass is 16.5. The van der Waals surface area contributed by atoms with Crippen molar-refractivity contribution in [3.63, 3.8) is 0 Å². The minimum atomic E-state index is -0.288. The summed E-state index contributed by atoms with van der Waals surface area (Å²) in [6.07, 6.45) is 2.79. The van der Waals surface area contributed by atoms with E-state index in [-0.39, 0.29) is 5.63 Å². The highest BCUT2D eigenvalue weighted by Crippen LogP contribution is 2.33. The molecule has 0 saturated heterocycles. The number of hydrogen-bond acceptors (Lipinski definition) is 4. The molecule has 1 aliphatic heterocycles. The van der Waals surface area contributed by atoms with Crippen LogP contribution in [0.5, 0.6) is 11.5 Å². The molecule has 1 aliphatic rings. The zero-order valence-corrected chi connectivity index (χ0v) is 17.3. The third-order valence-electron chi connectivity index (χ3n) is 5.70. The number of para-hydroxylation sites is 1. The van der Waals surface area contributed by atoms with Crippen LogP contribution >= 0.6 is 0 Å². The summed E-state index contributed by atoms with van der Waals surface area (Å²) in [4.78, 5) is 13.4. The summed E-state index contributed by atoms with van der Waals surface area (Å²) >= 11 is 0. The normalized spacial score (nSPS) is 15.8. The number of fused-ring (bicyclic) bond motifs is 2. The largest absolute Gasteiger partial charge is 0.496 e. The lowest BCUT2D eigenvalue weighted by Gasteiger charge is -2.28. The van der Waals surface area contributed by atoms with Crippen molar-refractivity contribution in [2.45, 2.75) is 39.7 Å². The minimum Gasteiger partial charge on any atom is -0.496 e. The van der Waals surface area contributed by atoms with Crippen LogP contribution in [0.15, 0.2) is 45.6 Å². The Morgan fingerprint density at radius 1 is 1.14 bits per heavy atom. The van der Waals surface area contributed by atoms with Crippen LogP contribution in [-0.2, 0) is 19.4 Å². The molecule has 0 bridgehead atoms. The number of ether oxygens (including phenoxy) is 2. The molecule has 2 aromatic carbocycles.